The van der Waals surface area contributed by atoms with Crippen LogP contribution in [0.1, 0.15) is 22.8 Å². The van der Waals surface area contributed by atoms with Gasteiger partial charge in [0.2, 0.25) is 0 Å². The molecule has 136 valence electrons. The minimum Gasteiger partial charge on any atom is -0.496 e. The lowest BCUT2D eigenvalue weighted by Gasteiger charge is -2.10. The molecule has 0 aliphatic carbocycles. The fourth-order valence-electron chi connectivity index (χ4n) is 2.76. The van der Waals surface area contributed by atoms with Gasteiger partial charge in [-0.05, 0) is 36.6 Å². The van der Waals surface area contributed by atoms with Crippen LogP contribution >= 0.6 is 0 Å². The van der Waals surface area contributed by atoms with Gasteiger partial charge in [-0.25, -0.2) is 5.43 Å². The smallest absolute Gasteiger partial charge is 0.271 e. The van der Waals surface area contributed by atoms with Crippen molar-refractivity contribution < 1.29 is 14.5 Å². The second kappa shape index (κ2) is 7.65. The molecular weight excluding hydrogens is 346 g/mol. The highest BCUT2D eigenvalue weighted by Crippen LogP contribution is 2.28. The van der Waals surface area contributed by atoms with E-state index in [1.165, 1.54) is 24.3 Å². The van der Waals surface area contributed by atoms with Crippen molar-refractivity contribution in [2.75, 3.05) is 7.11 Å². The van der Waals surface area contributed by atoms with Gasteiger partial charge < -0.3 is 4.74 Å². The number of nitrogens with zero attached hydrogens (tertiary/aromatic N) is 2. The van der Waals surface area contributed by atoms with Crippen molar-refractivity contribution >= 4 is 28.1 Å². The molecule has 3 aromatic rings. The maximum absolute atomic E-state index is 12.2. The van der Waals surface area contributed by atoms with Crippen molar-refractivity contribution in [2.45, 2.75) is 6.92 Å². The Morgan fingerprint density at radius 2 is 1.70 bits per heavy atom. The number of ether oxygens (including phenoxy) is 1. The van der Waals surface area contributed by atoms with Crippen LogP contribution in [0.15, 0.2) is 65.8 Å². The van der Waals surface area contributed by atoms with Crippen molar-refractivity contribution in [3.63, 3.8) is 0 Å². The number of carbonyl (C=O) groups is 1. The predicted molar refractivity (Wildman–Crippen MR) is 103 cm³/mol. The summed E-state index contributed by atoms with van der Waals surface area (Å²) in [5.41, 5.74) is 4.20. The normalized spacial score (nSPS) is 11.3. The Balaban J connectivity index is 1.85. The Morgan fingerprint density at radius 3 is 2.33 bits per heavy atom. The van der Waals surface area contributed by atoms with Gasteiger partial charge in [0.05, 0.1) is 17.7 Å². The summed E-state index contributed by atoms with van der Waals surface area (Å²) in [4.78, 5) is 22.4. The first-order valence-electron chi connectivity index (χ1n) is 8.16. The number of fused-ring (bicyclic) bond motifs is 1. The molecule has 3 aromatic carbocycles. The highest BCUT2D eigenvalue weighted by atomic mass is 16.6. The number of nitrogens with one attached hydrogen (secondary N) is 1. The van der Waals surface area contributed by atoms with Crippen molar-refractivity contribution in [3.8, 4) is 5.75 Å². The number of nitro benzene ring substituents is 1. The van der Waals surface area contributed by atoms with E-state index < -0.39 is 10.8 Å². The summed E-state index contributed by atoms with van der Waals surface area (Å²) in [5, 5.41) is 16.8. The Labute approximate surface area is 155 Å². The second-order valence-corrected chi connectivity index (χ2v) is 5.80. The average molecular weight is 363 g/mol. The van der Waals surface area contributed by atoms with Crippen molar-refractivity contribution in [2.24, 2.45) is 5.10 Å². The van der Waals surface area contributed by atoms with E-state index in [9.17, 15) is 14.9 Å². The van der Waals surface area contributed by atoms with Crippen LogP contribution < -0.4 is 10.2 Å². The summed E-state index contributed by atoms with van der Waals surface area (Å²) >= 11 is 0. The van der Waals surface area contributed by atoms with Gasteiger partial charge in [0.1, 0.15) is 5.75 Å². The summed E-state index contributed by atoms with van der Waals surface area (Å²) in [6, 6.07) is 16.9. The largest absolute Gasteiger partial charge is 0.496 e. The minimum absolute atomic E-state index is 0.0732. The van der Waals surface area contributed by atoms with E-state index in [1.54, 1.807) is 14.0 Å². The lowest BCUT2D eigenvalue weighted by atomic mass is 10.0. The maximum atomic E-state index is 12.2. The average Bonchev–Trinajstić information content (AvgIpc) is 2.71. The molecule has 0 saturated carbocycles. The van der Waals surface area contributed by atoms with Gasteiger partial charge in [0, 0.05) is 28.6 Å². The molecule has 0 spiro atoms. The van der Waals surface area contributed by atoms with Gasteiger partial charge in [-0.1, -0.05) is 24.3 Å². The van der Waals surface area contributed by atoms with Gasteiger partial charge in [0.15, 0.2) is 0 Å². The van der Waals surface area contributed by atoms with Crippen LogP contribution in [0.25, 0.3) is 10.8 Å². The van der Waals surface area contributed by atoms with Gasteiger partial charge in [0.25, 0.3) is 11.6 Å². The maximum Gasteiger partial charge on any atom is 0.271 e. The lowest BCUT2D eigenvalue weighted by Crippen LogP contribution is -2.19. The summed E-state index contributed by atoms with van der Waals surface area (Å²) in [7, 11) is 1.62. The molecule has 0 aliphatic rings. The third kappa shape index (κ3) is 3.77. The fourth-order valence-corrected chi connectivity index (χ4v) is 2.76. The molecule has 1 N–H and O–H groups in total. The molecule has 0 fully saturated rings. The molecule has 1 amide bonds. The Bertz CT molecular complexity index is 1040. The number of methoxy groups -OCH3 is 1. The van der Waals surface area contributed by atoms with E-state index >= 15 is 0 Å². The van der Waals surface area contributed by atoms with E-state index in [2.05, 4.69) is 10.5 Å². The van der Waals surface area contributed by atoms with Crippen molar-refractivity contribution in [3.05, 3.63) is 81.9 Å². The molecule has 0 bridgehead atoms. The van der Waals surface area contributed by atoms with Gasteiger partial charge in [-0.3, -0.25) is 14.9 Å². The zero-order valence-corrected chi connectivity index (χ0v) is 14.8. The number of hydrogen-bond acceptors (Lipinski definition) is 5. The fraction of sp³-hybridized carbons (Fsp3) is 0.100. The highest BCUT2D eigenvalue weighted by Gasteiger charge is 2.11. The zero-order chi connectivity index (χ0) is 19.4. The first-order valence-corrected chi connectivity index (χ1v) is 8.16. The van der Waals surface area contributed by atoms with Gasteiger partial charge >= 0.3 is 0 Å². The molecule has 0 aliphatic heterocycles. The Kier molecular flexibility index (Phi) is 5.12. The molecule has 0 saturated heterocycles. The van der Waals surface area contributed by atoms with E-state index in [0.29, 0.717) is 5.71 Å². The zero-order valence-electron chi connectivity index (χ0n) is 14.8. The van der Waals surface area contributed by atoms with Crippen molar-refractivity contribution in [1.82, 2.24) is 5.43 Å². The predicted octanol–water partition coefficient (Wildman–Crippen LogP) is 3.91. The summed E-state index contributed by atoms with van der Waals surface area (Å²) in [5.74, 6) is 0.319. The Morgan fingerprint density at radius 1 is 1.04 bits per heavy atom. The van der Waals surface area contributed by atoms with E-state index in [0.717, 1.165) is 22.1 Å². The summed E-state index contributed by atoms with van der Waals surface area (Å²) < 4.78 is 5.39. The van der Waals surface area contributed by atoms with Crippen molar-refractivity contribution in [1.29, 1.82) is 0 Å². The third-order valence-corrected chi connectivity index (χ3v) is 4.16. The van der Waals surface area contributed by atoms with Gasteiger partial charge in [-0.15, -0.1) is 0 Å². The van der Waals surface area contributed by atoms with E-state index in [4.69, 9.17) is 4.74 Å². The van der Waals surface area contributed by atoms with Crippen LogP contribution in [0.5, 0.6) is 5.75 Å². The second-order valence-electron chi connectivity index (χ2n) is 5.80. The summed E-state index contributed by atoms with van der Waals surface area (Å²) in [6.07, 6.45) is 0. The van der Waals surface area contributed by atoms with E-state index in [-0.39, 0.29) is 11.3 Å². The van der Waals surface area contributed by atoms with Crippen LogP contribution in [0, 0.1) is 10.1 Å². The number of amides is 1. The topological polar surface area (TPSA) is 93.8 Å². The number of benzene rings is 3. The molecule has 7 nitrogen and oxygen atoms in total. The number of hydrogen-bond donors (Lipinski definition) is 1. The molecule has 0 atom stereocenters. The van der Waals surface area contributed by atoms with Crippen LogP contribution in [-0.4, -0.2) is 23.7 Å². The number of nitro groups is 1. The quantitative estimate of drug-likeness (QED) is 0.422. The molecule has 0 radical (unpaired) electrons. The first kappa shape index (κ1) is 18.1. The third-order valence-electron chi connectivity index (χ3n) is 4.16. The first-order chi connectivity index (χ1) is 13.0. The number of hydrazone groups is 1. The Hall–Kier alpha value is -3.74. The molecule has 3 rings (SSSR count). The number of non-ortho nitro benzene ring substituents is 1. The van der Waals surface area contributed by atoms with Crippen LogP contribution in [-0.2, 0) is 0 Å². The van der Waals surface area contributed by atoms with Crippen LogP contribution in [0.2, 0.25) is 0 Å². The SMILES string of the molecule is COc1ccc(/C(C)=N\NC(=O)c2ccc([N+](=O)[O-])cc2)c2ccccc12. The molecule has 0 unspecified atom stereocenters. The molecular formula is C20H17N3O4. The van der Waals surface area contributed by atoms with Gasteiger partial charge in [-0.2, -0.15) is 5.10 Å². The molecule has 0 aromatic heterocycles. The number of carbonyl (C=O) groups excluding carboxylic acids is 1. The lowest BCUT2D eigenvalue weighted by molar-refractivity contribution is -0.384. The standard InChI is InChI=1S/C20H17N3O4/c1-13(16-11-12-19(27-2)18-6-4-3-5-17(16)18)21-22-20(24)14-7-9-15(10-8-14)23(25)26/h3-12H,1-2H3,(H,22,24)/b21-13-. The van der Waals surface area contributed by atoms with Crippen LogP contribution in [0.3, 0.4) is 0 Å². The summed E-state index contributed by atoms with van der Waals surface area (Å²) in [6.45, 7) is 1.80. The monoisotopic (exact) mass is 363 g/mol. The van der Waals surface area contributed by atoms with Crippen LogP contribution in [0.4, 0.5) is 5.69 Å². The highest BCUT2D eigenvalue weighted by molar-refractivity contribution is 6.11. The minimum atomic E-state index is -0.515. The molecule has 0 heterocycles. The molecule has 7 heteroatoms. The molecule has 27 heavy (non-hydrogen) atoms. The number of rotatable bonds is 5. The van der Waals surface area contributed by atoms with E-state index in [1.807, 2.05) is 36.4 Å².